The van der Waals surface area contributed by atoms with E-state index in [4.69, 9.17) is 13.9 Å². The fourth-order valence-corrected chi connectivity index (χ4v) is 4.31. The van der Waals surface area contributed by atoms with Crippen molar-refractivity contribution in [3.8, 4) is 11.5 Å². The highest BCUT2D eigenvalue weighted by Crippen LogP contribution is 2.37. The Morgan fingerprint density at radius 2 is 1.86 bits per heavy atom. The van der Waals surface area contributed by atoms with Crippen LogP contribution >= 0.6 is 11.3 Å². The fraction of sp³-hybridized carbons (Fsp3) is 0.346. The first-order valence-corrected chi connectivity index (χ1v) is 12.6. The average molecular weight is 512 g/mol. The van der Waals surface area contributed by atoms with E-state index in [1.165, 1.54) is 22.5 Å². The number of carbonyl (C=O) groups excluding carboxylic acids is 3. The molecule has 1 aromatic carbocycles. The van der Waals surface area contributed by atoms with Crippen molar-refractivity contribution in [1.29, 1.82) is 0 Å². The summed E-state index contributed by atoms with van der Waals surface area (Å²) in [5.41, 5.74) is -0.114. The highest BCUT2D eigenvalue weighted by molar-refractivity contribution is 7.12. The third-order valence-electron chi connectivity index (χ3n) is 5.88. The van der Waals surface area contributed by atoms with Crippen LogP contribution in [0.3, 0.4) is 0 Å². The Bertz CT molecular complexity index is 1210. The molecule has 1 atom stereocenters. The van der Waals surface area contributed by atoms with Gasteiger partial charge in [-0.1, -0.05) is 13.0 Å². The molecule has 2 N–H and O–H groups in total. The van der Waals surface area contributed by atoms with Gasteiger partial charge in [0.25, 0.3) is 11.8 Å². The normalized spacial score (nSPS) is 13.5. The number of nitrogens with one attached hydrogen (secondary N) is 2. The lowest BCUT2D eigenvalue weighted by Gasteiger charge is -2.34. The van der Waals surface area contributed by atoms with Gasteiger partial charge >= 0.3 is 0 Å². The molecule has 4 rings (SSSR count). The summed E-state index contributed by atoms with van der Waals surface area (Å²) in [6, 6.07) is 10.6. The van der Waals surface area contributed by atoms with Gasteiger partial charge in [-0.3, -0.25) is 19.3 Å². The van der Waals surface area contributed by atoms with Crippen LogP contribution < -0.4 is 25.0 Å². The summed E-state index contributed by atoms with van der Waals surface area (Å²) < 4.78 is 17.0. The van der Waals surface area contributed by atoms with Crippen LogP contribution in [0.5, 0.6) is 11.5 Å². The zero-order valence-corrected chi connectivity index (χ0v) is 21.2. The van der Waals surface area contributed by atoms with Crippen LogP contribution in [0.1, 0.15) is 48.7 Å². The molecule has 190 valence electrons. The summed E-state index contributed by atoms with van der Waals surface area (Å²) in [6.45, 7) is 6.24. The van der Waals surface area contributed by atoms with Crippen molar-refractivity contribution in [2.45, 2.75) is 38.8 Å². The van der Waals surface area contributed by atoms with Gasteiger partial charge in [0.2, 0.25) is 5.91 Å². The Morgan fingerprint density at radius 1 is 1.08 bits per heavy atom. The van der Waals surface area contributed by atoms with E-state index in [-0.39, 0.29) is 18.2 Å². The topological polar surface area (TPSA) is 110 Å². The van der Waals surface area contributed by atoms with Crippen LogP contribution in [0.25, 0.3) is 0 Å². The lowest BCUT2D eigenvalue weighted by Crippen LogP contribution is -2.52. The molecule has 0 saturated heterocycles. The van der Waals surface area contributed by atoms with E-state index in [2.05, 4.69) is 10.6 Å². The maximum atomic E-state index is 13.7. The summed E-state index contributed by atoms with van der Waals surface area (Å²) in [6.07, 6.45) is 2.13. The van der Waals surface area contributed by atoms with Gasteiger partial charge in [0.15, 0.2) is 17.5 Å². The number of anilines is 1. The zero-order chi connectivity index (χ0) is 25.7. The molecule has 0 aliphatic carbocycles. The molecule has 0 spiro atoms. The number of hydrogen-bond donors (Lipinski definition) is 2. The van der Waals surface area contributed by atoms with Gasteiger partial charge < -0.3 is 24.5 Å². The Balaban J connectivity index is 1.71. The Labute approximate surface area is 213 Å². The number of thiophene rings is 1. The van der Waals surface area contributed by atoms with Crippen molar-refractivity contribution in [1.82, 2.24) is 10.6 Å². The quantitative estimate of drug-likeness (QED) is 0.451. The third kappa shape index (κ3) is 5.71. The average Bonchev–Trinajstić information content (AvgIpc) is 3.60. The van der Waals surface area contributed by atoms with Crippen LogP contribution in [0, 0.1) is 0 Å². The maximum absolute atomic E-state index is 13.7. The molecule has 3 amide bonds. The second-order valence-electron chi connectivity index (χ2n) is 8.90. The van der Waals surface area contributed by atoms with Crippen LogP contribution in [-0.4, -0.2) is 43.0 Å². The zero-order valence-electron chi connectivity index (χ0n) is 20.4. The number of furan rings is 1. The lowest BCUT2D eigenvalue weighted by molar-refractivity contribution is -0.128. The number of hydrogen-bond acceptors (Lipinski definition) is 7. The lowest BCUT2D eigenvalue weighted by atomic mass is 10.0. The minimum absolute atomic E-state index is 0.284. The maximum Gasteiger partial charge on any atom is 0.261 e. The number of benzene rings is 1. The molecular weight excluding hydrogens is 482 g/mol. The second kappa shape index (κ2) is 10.9. The molecule has 3 heterocycles. The van der Waals surface area contributed by atoms with Crippen LogP contribution in [0.2, 0.25) is 0 Å². The Hall–Kier alpha value is -3.79. The monoisotopic (exact) mass is 511 g/mol. The fourth-order valence-electron chi connectivity index (χ4n) is 3.67. The van der Waals surface area contributed by atoms with Gasteiger partial charge in [-0.2, -0.15) is 0 Å². The van der Waals surface area contributed by atoms with E-state index in [0.29, 0.717) is 41.7 Å². The Kier molecular flexibility index (Phi) is 7.64. The van der Waals surface area contributed by atoms with Gasteiger partial charge in [0, 0.05) is 17.3 Å². The number of nitrogens with zero attached hydrogens (tertiary/aromatic N) is 1. The molecule has 1 aliphatic rings. The summed E-state index contributed by atoms with van der Waals surface area (Å²) >= 11 is 1.27. The molecule has 9 nitrogen and oxygen atoms in total. The SMILES string of the molecule is CCC(C)(C)NC(=O)[C@@H](c1ccco1)N(C(=O)CNC(=O)c1cccs1)c1ccc2c(c1)OCCO2. The summed E-state index contributed by atoms with van der Waals surface area (Å²) in [7, 11) is 0. The van der Waals surface area contributed by atoms with Crippen LogP contribution in [0.4, 0.5) is 5.69 Å². The van der Waals surface area contributed by atoms with Gasteiger partial charge in [-0.15, -0.1) is 11.3 Å². The Morgan fingerprint density at radius 3 is 2.53 bits per heavy atom. The molecule has 0 radical (unpaired) electrons. The van der Waals surface area contributed by atoms with Gasteiger partial charge in [0.05, 0.1) is 17.7 Å². The molecule has 0 saturated carbocycles. The molecule has 1 aliphatic heterocycles. The van der Waals surface area contributed by atoms with E-state index in [1.807, 2.05) is 20.8 Å². The number of rotatable bonds is 9. The van der Waals surface area contributed by atoms with Gasteiger partial charge in [0.1, 0.15) is 19.0 Å². The van der Waals surface area contributed by atoms with Crippen LogP contribution in [-0.2, 0) is 9.59 Å². The highest BCUT2D eigenvalue weighted by atomic mass is 32.1. The number of ether oxygens (including phenoxy) is 2. The predicted octanol–water partition coefficient (Wildman–Crippen LogP) is 3.92. The minimum Gasteiger partial charge on any atom is -0.486 e. The summed E-state index contributed by atoms with van der Waals surface area (Å²) in [5.74, 6) is 0.0204. The molecule has 0 unspecified atom stereocenters. The molecule has 3 aromatic rings. The van der Waals surface area contributed by atoms with E-state index in [1.54, 1.807) is 47.8 Å². The predicted molar refractivity (Wildman–Crippen MR) is 136 cm³/mol. The number of amides is 3. The molecular formula is C26H29N3O6S. The van der Waals surface area contributed by atoms with E-state index < -0.39 is 23.4 Å². The highest BCUT2D eigenvalue weighted by Gasteiger charge is 2.37. The summed E-state index contributed by atoms with van der Waals surface area (Å²) in [5, 5.41) is 7.46. The molecule has 0 fully saturated rings. The molecule has 0 bridgehead atoms. The number of fused-ring (bicyclic) bond motifs is 1. The first kappa shape index (κ1) is 25.3. The van der Waals surface area contributed by atoms with Gasteiger partial charge in [-0.05, 0) is 56.0 Å². The minimum atomic E-state index is -1.13. The third-order valence-corrected chi connectivity index (χ3v) is 6.75. The smallest absolute Gasteiger partial charge is 0.261 e. The van der Waals surface area contributed by atoms with Crippen molar-refractivity contribution >= 4 is 34.7 Å². The van der Waals surface area contributed by atoms with Crippen molar-refractivity contribution < 1.29 is 28.3 Å². The van der Waals surface area contributed by atoms with Gasteiger partial charge in [-0.25, -0.2) is 0 Å². The van der Waals surface area contributed by atoms with Crippen molar-refractivity contribution in [3.63, 3.8) is 0 Å². The molecule has 36 heavy (non-hydrogen) atoms. The van der Waals surface area contributed by atoms with Crippen molar-refractivity contribution in [2.75, 3.05) is 24.7 Å². The molecule has 10 heteroatoms. The van der Waals surface area contributed by atoms with E-state index in [9.17, 15) is 14.4 Å². The van der Waals surface area contributed by atoms with E-state index in [0.717, 1.165) is 0 Å². The first-order chi connectivity index (χ1) is 17.3. The van der Waals surface area contributed by atoms with Crippen molar-refractivity contribution in [3.05, 3.63) is 64.7 Å². The summed E-state index contributed by atoms with van der Waals surface area (Å²) in [4.78, 5) is 41.7. The first-order valence-electron chi connectivity index (χ1n) is 11.7. The van der Waals surface area contributed by atoms with Crippen molar-refractivity contribution in [2.24, 2.45) is 0 Å². The largest absolute Gasteiger partial charge is 0.486 e. The standard InChI is InChI=1S/C26H29N3O6S/c1-4-26(2,3)28-25(32)23(19-7-5-11-33-19)29(17-9-10-18-20(15-17)35-13-12-34-18)22(30)16-27-24(31)21-8-6-14-36-21/h5-11,14-15,23H,4,12-13,16H2,1-3H3,(H,27,31)(H,28,32)/t23-/m1/s1. The van der Waals surface area contributed by atoms with E-state index >= 15 is 0 Å². The molecule has 2 aromatic heterocycles. The second-order valence-corrected chi connectivity index (χ2v) is 9.84. The number of carbonyl (C=O) groups is 3. The van der Waals surface area contributed by atoms with Crippen LogP contribution in [0.15, 0.2) is 58.5 Å².